The van der Waals surface area contributed by atoms with E-state index in [-0.39, 0.29) is 11.4 Å². The summed E-state index contributed by atoms with van der Waals surface area (Å²) in [6.07, 6.45) is 0. The van der Waals surface area contributed by atoms with Crippen LogP contribution in [0, 0.1) is 15.9 Å². The number of benzene rings is 2. The van der Waals surface area contributed by atoms with Gasteiger partial charge in [0.25, 0.3) is 5.69 Å². The van der Waals surface area contributed by atoms with E-state index in [0.29, 0.717) is 0 Å². The molecule has 0 bridgehead atoms. The van der Waals surface area contributed by atoms with Gasteiger partial charge >= 0.3 is 10.1 Å². The highest BCUT2D eigenvalue weighted by Gasteiger charge is 2.20. The van der Waals surface area contributed by atoms with Gasteiger partial charge in [-0.05, 0) is 30.3 Å². The quantitative estimate of drug-likeness (QED) is 0.400. The first-order valence-corrected chi connectivity index (χ1v) is 6.94. The molecule has 2 aromatic rings. The number of nitro groups is 1. The summed E-state index contributed by atoms with van der Waals surface area (Å²) in [6, 6.07) is 7.40. The molecule has 21 heavy (non-hydrogen) atoms. The van der Waals surface area contributed by atoms with Crippen molar-refractivity contribution in [2.24, 2.45) is 0 Å². The molecule has 0 aliphatic carbocycles. The van der Waals surface area contributed by atoms with Crippen molar-refractivity contribution in [1.82, 2.24) is 0 Å². The maximum Gasteiger partial charge on any atom is 0.339 e. The molecule has 2 aromatic carbocycles. The maximum atomic E-state index is 13.0. The third kappa shape index (κ3) is 3.26. The Morgan fingerprint density at radius 3 is 2.52 bits per heavy atom. The zero-order valence-electron chi connectivity index (χ0n) is 10.4. The Bertz CT molecular complexity index is 807. The normalized spacial score (nSPS) is 11.1. The summed E-state index contributed by atoms with van der Waals surface area (Å²) in [4.78, 5) is 9.56. The van der Waals surface area contributed by atoms with Crippen molar-refractivity contribution in [3.8, 4) is 5.75 Å². The van der Waals surface area contributed by atoms with E-state index in [1.165, 1.54) is 12.1 Å². The van der Waals surface area contributed by atoms with Crippen molar-refractivity contribution < 1.29 is 21.9 Å². The first kappa shape index (κ1) is 14.7. The molecule has 0 amide bonds. The van der Waals surface area contributed by atoms with E-state index in [1.807, 2.05) is 0 Å². The molecule has 0 atom stereocenters. The van der Waals surface area contributed by atoms with Gasteiger partial charge in [0.15, 0.2) is 0 Å². The Balaban J connectivity index is 2.37. The molecule has 0 heterocycles. The summed E-state index contributed by atoms with van der Waals surface area (Å²) in [6.45, 7) is 0. The summed E-state index contributed by atoms with van der Waals surface area (Å²) in [7, 11) is -4.29. The lowest BCUT2D eigenvalue weighted by Gasteiger charge is -2.07. The van der Waals surface area contributed by atoms with E-state index in [2.05, 4.69) is 0 Å². The van der Waals surface area contributed by atoms with Gasteiger partial charge < -0.3 is 9.92 Å². The van der Waals surface area contributed by atoms with Gasteiger partial charge in [-0.3, -0.25) is 10.1 Å². The minimum Gasteiger partial charge on any atom is -0.393 e. The number of anilines is 1. The molecule has 2 N–H and O–H groups in total. The molecule has 0 unspecified atom stereocenters. The summed E-state index contributed by atoms with van der Waals surface area (Å²) in [5.41, 5.74) is 4.78. The Hall–Kier alpha value is -2.68. The van der Waals surface area contributed by atoms with Crippen LogP contribution >= 0.6 is 0 Å². The van der Waals surface area contributed by atoms with Gasteiger partial charge in [-0.15, -0.1) is 0 Å². The maximum absolute atomic E-state index is 13.0. The van der Waals surface area contributed by atoms with E-state index in [1.54, 1.807) is 0 Å². The van der Waals surface area contributed by atoms with Gasteiger partial charge in [-0.2, -0.15) is 8.42 Å². The van der Waals surface area contributed by atoms with Crippen LogP contribution in [0.1, 0.15) is 0 Å². The van der Waals surface area contributed by atoms with E-state index in [4.69, 9.17) is 9.92 Å². The van der Waals surface area contributed by atoms with Crippen molar-refractivity contribution in [2.75, 3.05) is 5.73 Å². The third-order valence-electron chi connectivity index (χ3n) is 2.49. The second kappa shape index (κ2) is 5.37. The van der Waals surface area contributed by atoms with Crippen molar-refractivity contribution in [2.45, 2.75) is 4.90 Å². The van der Waals surface area contributed by atoms with E-state index in [0.717, 1.165) is 30.3 Å². The minimum atomic E-state index is -4.29. The molecule has 0 saturated heterocycles. The van der Waals surface area contributed by atoms with E-state index in [9.17, 15) is 22.9 Å². The summed E-state index contributed by atoms with van der Waals surface area (Å²) in [5.74, 6) is -1.04. The molecule has 0 saturated carbocycles. The van der Waals surface area contributed by atoms with Crippen LogP contribution in [-0.2, 0) is 10.1 Å². The Morgan fingerprint density at radius 2 is 1.90 bits per heavy atom. The molecule has 2 rings (SSSR count). The lowest BCUT2D eigenvalue weighted by atomic mass is 10.2. The highest BCUT2D eigenvalue weighted by Crippen LogP contribution is 2.28. The fraction of sp³-hybridized carbons (Fsp3) is 0. The van der Waals surface area contributed by atoms with Gasteiger partial charge in [0.05, 0.1) is 11.0 Å². The Labute approximate surface area is 119 Å². The Kier molecular flexibility index (Phi) is 3.76. The smallest absolute Gasteiger partial charge is 0.339 e. The average molecular weight is 312 g/mol. The summed E-state index contributed by atoms with van der Waals surface area (Å²) < 4.78 is 41.6. The topological polar surface area (TPSA) is 113 Å². The molecular weight excluding hydrogens is 303 g/mol. The largest absolute Gasteiger partial charge is 0.393 e. The number of nitro benzene ring substituents is 1. The lowest BCUT2D eigenvalue weighted by Crippen LogP contribution is -2.10. The SMILES string of the molecule is Nc1ccc(OS(=O)(=O)c2cccc(F)c2)cc1[N+](=O)[O-]. The van der Waals surface area contributed by atoms with Crippen LogP contribution in [0.15, 0.2) is 47.4 Å². The summed E-state index contributed by atoms with van der Waals surface area (Å²) in [5, 5.41) is 10.7. The van der Waals surface area contributed by atoms with Gasteiger partial charge in [0, 0.05) is 0 Å². The van der Waals surface area contributed by atoms with Crippen LogP contribution in [0.2, 0.25) is 0 Å². The number of hydrogen-bond acceptors (Lipinski definition) is 6. The number of nitrogen functional groups attached to an aromatic ring is 1. The summed E-state index contributed by atoms with van der Waals surface area (Å²) >= 11 is 0. The minimum absolute atomic E-state index is 0.129. The highest BCUT2D eigenvalue weighted by atomic mass is 32.2. The standard InChI is InChI=1S/C12H9FN2O5S/c13-8-2-1-3-10(6-8)21(18,19)20-9-4-5-11(14)12(7-9)15(16)17/h1-7H,14H2. The molecule has 0 fully saturated rings. The van der Waals surface area contributed by atoms with Gasteiger partial charge in [0.1, 0.15) is 22.1 Å². The number of rotatable bonds is 4. The van der Waals surface area contributed by atoms with E-state index < -0.39 is 31.4 Å². The molecule has 0 radical (unpaired) electrons. The Morgan fingerprint density at radius 1 is 1.19 bits per heavy atom. The van der Waals surface area contributed by atoms with Crippen LogP contribution in [0.3, 0.4) is 0 Å². The number of nitrogens with two attached hydrogens (primary N) is 1. The zero-order chi connectivity index (χ0) is 15.6. The number of halogens is 1. The van der Waals surface area contributed by atoms with Crippen molar-refractivity contribution in [3.63, 3.8) is 0 Å². The monoisotopic (exact) mass is 312 g/mol. The molecule has 110 valence electrons. The molecule has 0 aliphatic rings. The molecular formula is C12H9FN2O5S. The van der Waals surface area contributed by atoms with Crippen LogP contribution in [0.25, 0.3) is 0 Å². The first-order chi connectivity index (χ1) is 9.79. The third-order valence-corrected chi connectivity index (χ3v) is 3.73. The second-order valence-corrected chi connectivity index (χ2v) is 5.52. The van der Waals surface area contributed by atoms with Crippen molar-refractivity contribution >= 4 is 21.5 Å². The van der Waals surface area contributed by atoms with Gasteiger partial charge in [-0.25, -0.2) is 4.39 Å². The number of hydrogen-bond donors (Lipinski definition) is 1. The fourth-order valence-electron chi connectivity index (χ4n) is 1.53. The van der Waals surface area contributed by atoms with Crippen LogP contribution in [0.4, 0.5) is 15.8 Å². The van der Waals surface area contributed by atoms with Crippen LogP contribution < -0.4 is 9.92 Å². The predicted octanol–water partition coefficient (Wildman–Crippen LogP) is 2.08. The predicted molar refractivity (Wildman–Crippen MR) is 71.7 cm³/mol. The molecule has 9 heteroatoms. The van der Waals surface area contributed by atoms with Crippen LogP contribution in [-0.4, -0.2) is 13.3 Å². The number of nitrogens with zero attached hydrogens (tertiary/aromatic N) is 1. The van der Waals surface area contributed by atoms with Crippen molar-refractivity contribution in [1.29, 1.82) is 0 Å². The second-order valence-electron chi connectivity index (χ2n) is 3.97. The average Bonchev–Trinajstić information content (AvgIpc) is 2.40. The zero-order valence-corrected chi connectivity index (χ0v) is 11.2. The van der Waals surface area contributed by atoms with Gasteiger partial charge in [-0.1, -0.05) is 6.07 Å². The molecule has 0 spiro atoms. The van der Waals surface area contributed by atoms with Crippen molar-refractivity contribution in [3.05, 3.63) is 58.4 Å². The molecule has 0 aromatic heterocycles. The molecule has 0 aliphatic heterocycles. The highest BCUT2D eigenvalue weighted by molar-refractivity contribution is 7.87. The first-order valence-electron chi connectivity index (χ1n) is 5.53. The lowest BCUT2D eigenvalue weighted by molar-refractivity contribution is -0.383. The van der Waals surface area contributed by atoms with E-state index >= 15 is 0 Å². The fourth-order valence-corrected chi connectivity index (χ4v) is 2.49. The van der Waals surface area contributed by atoms with Gasteiger partial charge in [0.2, 0.25) is 0 Å². The molecule has 7 nitrogen and oxygen atoms in total. The van der Waals surface area contributed by atoms with Crippen LogP contribution in [0.5, 0.6) is 5.75 Å².